The van der Waals surface area contributed by atoms with E-state index in [2.05, 4.69) is 28.8 Å². The summed E-state index contributed by atoms with van der Waals surface area (Å²) < 4.78 is 16.6. The van der Waals surface area contributed by atoms with Crippen LogP contribution in [0.25, 0.3) is 27.4 Å². The van der Waals surface area contributed by atoms with Crippen LogP contribution in [0.2, 0.25) is 0 Å². The van der Waals surface area contributed by atoms with Crippen LogP contribution in [0.5, 0.6) is 0 Å². The molecular weight excluding hydrogens is 849 g/mol. The summed E-state index contributed by atoms with van der Waals surface area (Å²) in [5.74, 6) is 4.97. The van der Waals surface area contributed by atoms with Crippen molar-refractivity contribution in [2.24, 2.45) is 5.84 Å². The van der Waals surface area contributed by atoms with E-state index in [9.17, 15) is 0 Å². The molecule has 0 radical (unpaired) electrons. The first-order chi connectivity index (χ1) is 26.4. The molecule has 0 unspecified atom stereocenters. The van der Waals surface area contributed by atoms with Crippen molar-refractivity contribution in [3.05, 3.63) is 235 Å². The van der Waals surface area contributed by atoms with Crippen LogP contribution in [0.1, 0.15) is 12.5 Å². The second-order valence-electron chi connectivity index (χ2n) is 12.2. The predicted octanol–water partition coefficient (Wildman–Crippen LogP) is 14.0. The van der Waals surface area contributed by atoms with Gasteiger partial charge in [-0.1, -0.05) is 175 Å². The first kappa shape index (κ1) is 41.6. The summed E-state index contributed by atoms with van der Waals surface area (Å²) in [6.45, 7) is 10.3. The monoisotopic (exact) mass is 893 g/mol. The molecule has 6 aromatic rings. The molecule has 0 heterocycles. The van der Waals surface area contributed by atoms with Crippen LogP contribution < -0.4 is 15.9 Å². The molecule has 0 saturated carbocycles. The third-order valence-corrected chi connectivity index (χ3v) is 8.36. The molecule has 2 N–H and O–H groups in total. The maximum atomic E-state index is 16.6. The summed E-state index contributed by atoms with van der Waals surface area (Å²) in [7, 11) is 2.00. The minimum atomic E-state index is 0. The van der Waals surface area contributed by atoms with Crippen LogP contribution >= 0.6 is 0 Å². The Morgan fingerprint density at radius 3 is 1.71 bits per heavy atom. The van der Waals surface area contributed by atoms with Gasteiger partial charge < -0.3 is 21.5 Å². The van der Waals surface area contributed by atoms with Crippen molar-refractivity contribution in [1.82, 2.24) is 0 Å². The van der Waals surface area contributed by atoms with E-state index in [0.717, 1.165) is 61.3 Å². The van der Waals surface area contributed by atoms with E-state index >= 15 is 4.48 Å². The van der Waals surface area contributed by atoms with Crippen molar-refractivity contribution in [3.63, 3.8) is 0 Å². The number of anilines is 3. The summed E-state index contributed by atoms with van der Waals surface area (Å²) in [6.07, 6.45) is 9.85. The Bertz CT molecular complexity index is 2180. The average molecular weight is 894 g/mol. The fraction of sp³-hybridized carbons (Fsp3) is 0.0417. The molecule has 0 amide bonds. The van der Waals surface area contributed by atoms with Crippen LogP contribution in [0.3, 0.4) is 0 Å². The van der Waals surface area contributed by atoms with Crippen LogP contribution in [0, 0.1) is 0 Å². The number of benzene rings is 6. The Kier molecular flexibility index (Phi) is 16.2. The molecule has 0 spiro atoms. The molecule has 0 aliphatic rings. The molecule has 6 aromatic carbocycles. The van der Waals surface area contributed by atoms with Gasteiger partial charge >= 0.3 is 21.1 Å². The van der Waals surface area contributed by atoms with E-state index in [1.54, 1.807) is 12.1 Å². The van der Waals surface area contributed by atoms with Gasteiger partial charge in [-0.05, 0) is 65.1 Å². The van der Waals surface area contributed by atoms with E-state index < -0.39 is 0 Å². The number of rotatable bonds is 13. The Morgan fingerprint density at radius 2 is 1.15 bits per heavy atom. The molecule has 0 aromatic heterocycles. The van der Waals surface area contributed by atoms with Gasteiger partial charge in [0.1, 0.15) is 0 Å². The number of para-hydroxylation sites is 2. The normalized spacial score (nSPS) is 10.9. The van der Waals surface area contributed by atoms with Crippen molar-refractivity contribution in [1.29, 1.82) is 0 Å². The van der Waals surface area contributed by atoms with Gasteiger partial charge in [0.2, 0.25) is 0 Å². The van der Waals surface area contributed by atoms with Crippen molar-refractivity contribution in [3.8, 4) is 11.1 Å². The zero-order valence-electron chi connectivity index (χ0n) is 31.0. The molecule has 274 valence electrons. The third-order valence-electron chi connectivity index (χ3n) is 8.36. The van der Waals surface area contributed by atoms with Crippen molar-refractivity contribution >= 4 is 39.7 Å². The number of nitrogens with two attached hydrogens (primary N) is 1. The van der Waals surface area contributed by atoms with Crippen molar-refractivity contribution in [2.45, 2.75) is 6.92 Å². The van der Waals surface area contributed by atoms with Gasteiger partial charge in [0, 0.05) is 24.5 Å². The third kappa shape index (κ3) is 12.2. The van der Waals surface area contributed by atoms with Gasteiger partial charge in [0.05, 0.1) is 11.4 Å². The molecule has 55 heavy (non-hydrogen) atoms. The number of hydrogen-bond donors (Lipinski definition) is 1. The van der Waals surface area contributed by atoms with E-state index in [1.807, 2.05) is 196 Å². The molecule has 7 heteroatoms. The Labute approximate surface area is 339 Å². The Hall–Kier alpha value is -6.20. The molecule has 0 aliphatic carbocycles. The fourth-order valence-corrected chi connectivity index (χ4v) is 5.46. The standard InChI is InChI=1S/C42H37FN3.C6H7N2.W/c1-5-15-32(2)33(3)22-23-36(31-45(4)39-20-13-8-14-21-39)35-24-29-41(34-16-9-6-10-17-34)42(30-35)46(43)40-27-25-38(26-28-40)44-37-18-11-7-12-19-37;7-8-6-4-2-1-3-5-6;/h5-31H,2-3H2,1,4H3;1-5H,7H2;/q2*-1;+2/b15-5-,23-22-,36-31+;;. The number of hydrogen-bond acceptors (Lipinski definition) is 3. The number of nitrogens with zero attached hydrogens (tertiary/aromatic N) is 4. The van der Waals surface area contributed by atoms with Gasteiger partial charge in [-0.3, -0.25) is 0 Å². The molecule has 0 bridgehead atoms. The van der Waals surface area contributed by atoms with Crippen molar-refractivity contribution < 1.29 is 25.5 Å². The van der Waals surface area contributed by atoms with Gasteiger partial charge in [0.15, 0.2) is 0 Å². The van der Waals surface area contributed by atoms with Crippen LogP contribution in [0.15, 0.2) is 219 Å². The summed E-state index contributed by atoms with van der Waals surface area (Å²) in [5, 5.41) is 5.39. The molecule has 6 rings (SSSR count). The second kappa shape index (κ2) is 21.5. The van der Waals surface area contributed by atoms with Crippen LogP contribution in [0.4, 0.5) is 38.6 Å². The molecule has 5 nitrogen and oxygen atoms in total. The first-order valence-electron chi connectivity index (χ1n) is 17.5. The van der Waals surface area contributed by atoms with Crippen LogP contribution in [-0.4, -0.2) is 7.05 Å². The average Bonchev–Trinajstić information content (AvgIpc) is 3.23. The molecule has 0 fully saturated rings. The van der Waals surface area contributed by atoms with E-state index in [-0.39, 0.29) is 21.1 Å². The molecule has 0 aliphatic heterocycles. The van der Waals surface area contributed by atoms with Crippen LogP contribution in [-0.2, 0) is 21.1 Å². The van der Waals surface area contributed by atoms with E-state index in [4.69, 9.17) is 5.84 Å². The molecular formula is C48H44FN5W. The van der Waals surface area contributed by atoms with E-state index in [1.165, 1.54) is 0 Å². The summed E-state index contributed by atoms with van der Waals surface area (Å²) >= 11 is 0. The van der Waals surface area contributed by atoms with Crippen molar-refractivity contribution in [2.75, 3.05) is 17.1 Å². The number of allylic oxidation sites excluding steroid dienone is 7. The minimum Gasteiger partial charge on any atom is -0.658 e. The van der Waals surface area contributed by atoms with Gasteiger partial charge in [-0.15, -0.1) is 17.1 Å². The summed E-state index contributed by atoms with van der Waals surface area (Å²) in [5.41, 5.74) is 12.8. The maximum Gasteiger partial charge on any atom is 2.00 e. The largest absolute Gasteiger partial charge is 2.00 e. The predicted molar refractivity (Wildman–Crippen MR) is 229 cm³/mol. The van der Waals surface area contributed by atoms with Gasteiger partial charge in [-0.2, -0.15) is 5.12 Å². The zero-order valence-corrected chi connectivity index (χ0v) is 34.0. The molecule has 0 atom stereocenters. The zero-order chi connectivity index (χ0) is 38.1. The Balaban J connectivity index is 0.000000664. The first-order valence-corrected chi connectivity index (χ1v) is 17.5. The smallest absolute Gasteiger partial charge is 0.658 e. The second-order valence-corrected chi connectivity index (χ2v) is 12.2. The minimum absolute atomic E-state index is 0. The fourth-order valence-electron chi connectivity index (χ4n) is 5.46. The van der Waals surface area contributed by atoms with Gasteiger partial charge in [0.25, 0.3) is 0 Å². The Morgan fingerprint density at radius 1 is 0.618 bits per heavy atom. The topological polar surface area (TPSA) is 60.7 Å². The maximum absolute atomic E-state index is 16.6. The molecule has 0 saturated heterocycles. The number of halogens is 1. The van der Waals surface area contributed by atoms with E-state index in [0.29, 0.717) is 11.4 Å². The summed E-state index contributed by atoms with van der Waals surface area (Å²) in [6, 6.07) is 52.1. The summed E-state index contributed by atoms with van der Waals surface area (Å²) in [4.78, 5) is 2.05. The quantitative estimate of drug-likeness (QED) is 0.0544. The SMILES string of the molecule is C=C(/C=C\C)C(=C)/C=C\C(=C/N(C)c1ccccc1)c1ccc(-c2ccccc2)c(N(F)c2ccc([N-]c3ccccc3)cc2)c1.N[N-]c1ccccc1.[W+2]. The van der Waals surface area contributed by atoms with Gasteiger partial charge in [-0.25, -0.2) is 0 Å².